The third-order valence-electron chi connectivity index (χ3n) is 1.87. The molecule has 0 aromatic heterocycles. The highest BCUT2D eigenvalue weighted by atomic mass is 79.9. The second kappa shape index (κ2) is 6.93. The van der Waals surface area contributed by atoms with E-state index in [1.54, 1.807) is 12.1 Å². The van der Waals surface area contributed by atoms with Crippen molar-refractivity contribution >= 4 is 27.5 Å². The fraction of sp³-hybridized carbons (Fsp3) is 0.273. The molecular weight excluding hydrogens is 315 g/mol. The number of rotatable bonds is 6. The number of halogens is 4. The van der Waals surface area contributed by atoms with Crippen LogP contribution in [0.3, 0.4) is 0 Å². The third kappa shape index (κ3) is 5.48. The van der Waals surface area contributed by atoms with Crippen LogP contribution >= 0.6 is 27.5 Å². The van der Waals surface area contributed by atoms with Gasteiger partial charge >= 0.3 is 6.61 Å². The monoisotopic (exact) mass is 325 g/mol. The van der Waals surface area contributed by atoms with Gasteiger partial charge in [-0.2, -0.15) is 8.78 Å². The predicted molar refractivity (Wildman–Crippen MR) is 67.5 cm³/mol. The highest BCUT2D eigenvalue weighted by Gasteiger charge is 2.09. The average Bonchev–Trinajstić information content (AvgIpc) is 2.21. The van der Waals surface area contributed by atoms with Gasteiger partial charge in [-0.25, -0.2) is 0 Å². The molecule has 2 nitrogen and oxygen atoms in total. The van der Waals surface area contributed by atoms with E-state index in [0.717, 1.165) is 4.47 Å². The predicted octanol–water partition coefficient (Wildman–Crippen LogP) is 3.89. The molecule has 1 aromatic carbocycles. The summed E-state index contributed by atoms with van der Waals surface area (Å²) >= 11 is 8.85. The Labute approximate surface area is 112 Å². The first-order valence-electron chi connectivity index (χ1n) is 4.76. The SMILES string of the molecule is C=C(Cl)CNCc1cc(Br)ccc1OC(F)F. The van der Waals surface area contributed by atoms with E-state index in [4.69, 9.17) is 11.6 Å². The first-order chi connectivity index (χ1) is 7.99. The van der Waals surface area contributed by atoms with Crippen LogP contribution in [0.4, 0.5) is 8.78 Å². The molecule has 1 rings (SSSR count). The molecule has 17 heavy (non-hydrogen) atoms. The Balaban J connectivity index is 2.72. The minimum absolute atomic E-state index is 0.149. The lowest BCUT2D eigenvalue weighted by Gasteiger charge is -2.11. The number of nitrogens with one attached hydrogen (secondary N) is 1. The van der Waals surface area contributed by atoms with Gasteiger partial charge in [-0.3, -0.25) is 0 Å². The van der Waals surface area contributed by atoms with Crippen molar-refractivity contribution in [1.82, 2.24) is 5.32 Å². The third-order valence-corrected chi connectivity index (χ3v) is 2.50. The number of hydrogen-bond acceptors (Lipinski definition) is 2. The Morgan fingerprint density at radius 3 is 2.82 bits per heavy atom. The van der Waals surface area contributed by atoms with Crippen molar-refractivity contribution in [2.24, 2.45) is 0 Å². The molecule has 0 amide bonds. The topological polar surface area (TPSA) is 21.3 Å². The van der Waals surface area contributed by atoms with Gasteiger partial charge in [0.15, 0.2) is 0 Å². The maximum atomic E-state index is 12.2. The summed E-state index contributed by atoms with van der Waals surface area (Å²) in [5.74, 6) is 0.149. The minimum atomic E-state index is -2.84. The number of alkyl halides is 2. The Hall–Kier alpha value is -0.650. The van der Waals surface area contributed by atoms with Gasteiger partial charge in [0.2, 0.25) is 0 Å². The summed E-state index contributed by atoms with van der Waals surface area (Å²) in [4.78, 5) is 0. The van der Waals surface area contributed by atoms with Gasteiger partial charge < -0.3 is 10.1 Å². The van der Waals surface area contributed by atoms with Crippen LogP contribution in [0.1, 0.15) is 5.56 Å². The maximum Gasteiger partial charge on any atom is 0.387 e. The summed E-state index contributed by atoms with van der Waals surface area (Å²) in [7, 11) is 0. The summed E-state index contributed by atoms with van der Waals surface area (Å²) in [6.45, 7) is 1.46. The van der Waals surface area contributed by atoms with Crippen molar-refractivity contribution < 1.29 is 13.5 Å². The Bertz CT molecular complexity index is 401. The largest absolute Gasteiger partial charge is 0.434 e. The molecule has 0 radical (unpaired) electrons. The second-order valence-corrected chi connectivity index (χ2v) is 4.70. The molecule has 0 saturated heterocycles. The summed E-state index contributed by atoms with van der Waals surface area (Å²) < 4.78 is 29.5. The van der Waals surface area contributed by atoms with Crippen LogP contribution in [-0.2, 0) is 6.54 Å². The van der Waals surface area contributed by atoms with Crippen LogP contribution in [0.5, 0.6) is 5.75 Å². The molecule has 0 unspecified atom stereocenters. The van der Waals surface area contributed by atoms with E-state index in [0.29, 0.717) is 23.7 Å². The first-order valence-corrected chi connectivity index (χ1v) is 5.93. The molecule has 0 spiro atoms. The molecular formula is C11H11BrClF2NO. The molecule has 0 heterocycles. The molecule has 0 fully saturated rings. The van der Waals surface area contributed by atoms with Gasteiger partial charge in [0.1, 0.15) is 5.75 Å². The average molecular weight is 327 g/mol. The van der Waals surface area contributed by atoms with Gasteiger partial charge in [-0.15, -0.1) is 0 Å². The molecule has 1 N–H and O–H groups in total. The van der Waals surface area contributed by atoms with E-state index in [9.17, 15) is 8.78 Å². The second-order valence-electron chi connectivity index (χ2n) is 3.25. The smallest absolute Gasteiger partial charge is 0.387 e. The van der Waals surface area contributed by atoms with E-state index in [1.807, 2.05) is 0 Å². The Morgan fingerprint density at radius 1 is 1.53 bits per heavy atom. The number of ether oxygens (including phenoxy) is 1. The zero-order chi connectivity index (χ0) is 12.8. The van der Waals surface area contributed by atoms with E-state index in [-0.39, 0.29) is 5.75 Å². The molecule has 1 aromatic rings. The highest BCUT2D eigenvalue weighted by Crippen LogP contribution is 2.24. The quantitative estimate of drug-likeness (QED) is 0.856. The first kappa shape index (κ1) is 14.4. The molecule has 0 saturated carbocycles. The van der Waals surface area contributed by atoms with Crippen LogP contribution in [-0.4, -0.2) is 13.2 Å². The molecule has 6 heteroatoms. The van der Waals surface area contributed by atoms with Crippen LogP contribution in [0.15, 0.2) is 34.3 Å². The summed E-state index contributed by atoms with van der Waals surface area (Å²) in [5.41, 5.74) is 0.623. The standard InChI is InChI=1S/C11H11BrClF2NO/c1-7(13)5-16-6-8-4-9(12)2-3-10(8)17-11(14)15/h2-4,11,16H,1,5-6H2. The lowest BCUT2D eigenvalue weighted by molar-refractivity contribution is -0.0505. The number of hydrogen-bond donors (Lipinski definition) is 1. The number of benzene rings is 1. The molecule has 94 valence electrons. The van der Waals surface area contributed by atoms with E-state index in [1.165, 1.54) is 6.07 Å². The summed E-state index contributed by atoms with van der Waals surface area (Å²) in [6, 6.07) is 4.84. The summed E-state index contributed by atoms with van der Waals surface area (Å²) in [6.07, 6.45) is 0. The molecule has 0 aliphatic rings. The zero-order valence-electron chi connectivity index (χ0n) is 8.85. The van der Waals surface area contributed by atoms with Gasteiger partial charge in [-0.1, -0.05) is 34.1 Å². The van der Waals surface area contributed by atoms with Crippen molar-refractivity contribution in [2.45, 2.75) is 13.2 Å². The van der Waals surface area contributed by atoms with Gasteiger partial charge in [-0.05, 0) is 18.2 Å². The van der Waals surface area contributed by atoms with Gasteiger partial charge in [0.05, 0.1) is 0 Å². The lowest BCUT2D eigenvalue weighted by atomic mass is 10.2. The zero-order valence-corrected chi connectivity index (χ0v) is 11.2. The normalized spacial score (nSPS) is 10.6. The fourth-order valence-corrected chi connectivity index (χ4v) is 1.73. The Morgan fingerprint density at radius 2 is 2.24 bits per heavy atom. The molecule has 0 atom stereocenters. The molecule has 0 bridgehead atoms. The van der Waals surface area contributed by atoms with Crippen LogP contribution in [0, 0.1) is 0 Å². The van der Waals surface area contributed by atoms with E-state index in [2.05, 4.69) is 32.6 Å². The van der Waals surface area contributed by atoms with Crippen LogP contribution in [0.25, 0.3) is 0 Å². The minimum Gasteiger partial charge on any atom is -0.434 e. The van der Waals surface area contributed by atoms with E-state index < -0.39 is 6.61 Å². The van der Waals surface area contributed by atoms with Crippen LogP contribution < -0.4 is 10.1 Å². The maximum absolute atomic E-state index is 12.2. The summed E-state index contributed by atoms with van der Waals surface area (Å²) in [5, 5.41) is 3.42. The molecule has 0 aliphatic heterocycles. The Kier molecular flexibility index (Phi) is 5.88. The fourth-order valence-electron chi connectivity index (χ4n) is 1.23. The van der Waals surface area contributed by atoms with E-state index >= 15 is 0 Å². The van der Waals surface area contributed by atoms with Gasteiger partial charge in [0.25, 0.3) is 0 Å². The van der Waals surface area contributed by atoms with Crippen molar-refractivity contribution in [2.75, 3.05) is 6.54 Å². The van der Waals surface area contributed by atoms with Crippen molar-refractivity contribution in [1.29, 1.82) is 0 Å². The van der Waals surface area contributed by atoms with Crippen molar-refractivity contribution in [3.05, 3.63) is 39.8 Å². The van der Waals surface area contributed by atoms with Crippen molar-refractivity contribution in [3.63, 3.8) is 0 Å². The molecule has 0 aliphatic carbocycles. The van der Waals surface area contributed by atoms with Crippen LogP contribution in [0.2, 0.25) is 0 Å². The highest BCUT2D eigenvalue weighted by molar-refractivity contribution is 9.10. The lowest BCUT2D eigenvalue weighted by Crippen LogP contribution is -2.16. The van der Waals surface area contributed by atoms with Gasteiger partial charge in [0, 0.05) is 28.2 Å². The van der Waals surface area contributed by atoms with Crippen molar-refractivity contribution in [3.8, 4) is 5.75 Å².